The molecular formula is C27H30N6O3. The lowest BCUT2D eigenvalue weighted by molar-refractivity contribution is -0.128. The van der Waals surface area contributed by atoms with E-state index in [0.29, 0.717) is 36.8 Å². The smallest absolute Gasteiger partial charge is 0.269 e. The second-order valence-corrected chi connectivity index (χ2v) is 9.09. The number of hydrogen-bond donors (Lipinski definition) is 2. The third-order valence-corrected chi connectivity index (χ3v) is 6.76. The van der Waals surface area contributed by atoms with Gasteiger partial charge in [0.25, 0.3) is 5.91 Å². The van der Waals surface area contributed by atoms with Crippen molar-refractivity contribution in [1.29, 1.82) is 0 Å². The van der Waals surface area contributed by atoms with E-state index in [-0.39, 0.29) is 11.9 Å². The molecule has 0 radical (unpaired) electrons. The highest BCUT2D eigenvalue weighted by molar-refractivity contribution is 5.98. The molecule has 2 aliphatic rings. The van der Waals surface area contributed by atoms with Crippen LogP contribution in [0, 0.1) is 6.92 Å². The molecule has 2 aliphatic heterocycles. The monoisotopic (exact) mass is 486 g/mol. The highest BCUT2D eigenvalue weighted by Gasteiger charge is 2.35. The summed E-state index contributed by atoms with van der Waals surface area (Å²) in [6.07, 6.45) is 2.21. The van der Waals surface area contributed by atoms with Gasteiger partial charge in [-0.3, -0.25) is 14.5 Å². The standard InChI is InChI=1S/C27H30N6O3/c1-3-23(34)32-16-14-31(15-17-32)22-12-13-29-25-24(22)30-33(26(25)27(28)35)19-6-10-21(11-7-19)36-20-8-4-18(2)5-9-20/h3-11,22,29H,1,12-17H2,2H3,(H2,28,35)/t22-/m0/s1. The van der Waals surface area contributed by atoms with Gasteiger partial charge in [0, 0.05) is 32.7 Å². The van der Waals surface area contributed by atoms with Crippen LogP contribution in [-0.2, 0) is 4.79 Å². The Bertz CT molecular complexity index is 1270. The predicted octanol–water partition coefficient (Wildman–Crippen LogP) is 3.26. The quantitative estimate of drug-likeness (QED) is 0.518. The van der Waals surface area contributed by atoms with Crippen molar-refractivity contribution in [3.05, 3.63) is 78.1 Å². The zero-order valence-corrected chi connectivity index (χ0v) is 20.3. The van der Waals surface area contributed by atoms with Gasteiger partial charge < -0.3 is 20.7 Å². The first-order chi connectivity index (χ1) is 17.4. The van der Waals surface area contributed by atoms with Crippen LogP contribution >= 0.6 is 0 Å². The van der Waals surface area contributed by atoms with Gasteiger partial charge in [-0.15, -0.1) is 0 Å². The summed E-state index contributed by atoms with van der Waals surface area (Å²) < 4.78 is 7.56. The van der Waals surface area contributed by atoms with Gasteiger partial charge in [-0.1, -0.05) is 24.3 Å². The summed E-state index contributed by atoms with van der Waals surface area (Å²) in [6, 6.07) is 15.3. The number of aromatic nitrogens is 2. The molecule has 0 saturated carbocycles. The SMILES string of the molecule is C=CC(=O)N1CCN([C@H]2CCNc3c2nn(-c2ccc(Oc4ccc(C)cc4)cc2)c3C(N)=O)CC1. The Morgan fingerprint density at radius 2 is 1.69 bits per heavy atom. The molecule has 3 N–H and O–H groups in total. The molecule has 2 amide bonds. The summed E-state index contributed by atoms with van der Waals surface area (Å²) in [5.74, 6) is 0.847. The lowest BCUT2D eigenvalue weighted by Crippen LogP contribution is -2.50. The zero-order valence-electron chi connectivity index (χ0n) is 20.3. The van der Waals surface area contributed by atoms with Crippen LogP contribution in [0.2, 0.25) is 0 Å². The molecule has 0 aliphatic carbocycles. The number of aryl methyl sites for hydroxylation is 1. The largest absolute Gasteiger partial charge is 0.457 e. The minimum absolute atomic E-state index is 0.0331. The Kier molecular flexibility index (Phi) is 6.47. The number of primary amides is 1. The lowest BCUT2D eigenvalue weighted by atomic mass is 10.0. The summed E-state index contributed by atoms with van der Waals surface area (Å²) in [5.41, 5.74) is 9.53. The van der Waals surface area contributed by atoms with E-state index in [1.165, 1.54) is 11.6 Å². The Labute approximate surface area is 210 Å². The number of piperazine rings is 1. The van der Waals surface area contributed by atoms with E-state index >= 15 is 0 Å². The van der Waals surface area contributed by atoms with Gasteiger partial charge in [0.2, 0.25) is 5.91 Å². The van der Waals surface area contributed by atoms with Crippen LogP contribution in [0.15, 0.2) is 61.2 Å². The first-order valence-corrected chi connectivity index (χ1v) is 12.1. The van der Waals surface area contributed by atoms with Crippen molar-refractivity contribution in [2.45, 2.75) is 19.4 Å². The van der Waals surface area contributed by atoms with Crippen LogP contribution < -0.4 is 15.8 Å². The second kappa shape index (κ2) is 9.87. The molecule has 9 nitrogen and oxygen atoms in total. The summed E-state index contributed by atoms with van der Waals surface area (Å²) in [6.45, 7) is 9.05. The molecular weight excluding hydrogens is 456 g/mol. The van der Waals surface area contributed by atoms with Crippen LogP contribution in [0.25, 0.3) is 5.69 Å². The van der Waals surface area contributed by atoms with Crippen LogP contribution in [0.4, 0.5) is 5.69 Å². The molecule has 1 fully saturated rings. The van der Waals surface area contributed by atoms with Crippen molar-refractivity contribution < 1.29 is 14.3 Å². The number of ether oxygens (including phenoxy) is 1. The third-order valence-electron chi connectivity index (χ3n) is 6.76. The van der Waals surface area contributed by atoms with Gasteiger partial charge in [0.1, 0.15) is 17.2 Å². The number of nitrogens with one attached hydrogen (secondary N) is 1. The highest BCUT2D eigenvalue weighted by Crippen LogP contribution is 2.37. The third kappa shape index (κ3) is 4.57. The van der Waals surface area contributed by atoms with Crippen molar-refractivity contribution in [3.8, 4) is 17.2 Å². The van der Waals surface area contributed by atoms with Crippen LogP contribution in [0.3, 0.4) is 0 Å². The molecule has 0 unspecified atom stereocenters. The number of fused-ring (bicyclic) bond motifs is 1. The summed E-state index contributed by atoms with van der Waals surface area (Å²) >= 11 is 0. The van der Waals surface area contributed by atoms with Gasteiger partial charge in [0.05, 0.1) is 17.4 Å². The van der Waals surface area contributed by atoms with Crippen molar-refractivity contribution in [1.82, 2.24) is 19.6 Å². The molecule has 5 rings (SSSR count). The highest BCUT2D eigenvalue weighted by atomic mass is 16.5. The van der Waals surface area contributed by atoms with Crippen molar-refractivity contribution in [2.24, 2.45) is 5.73 Å². The van der Waals surface area contributed by atoms with Crippen molar-refractivity contribution in [3.63, 3.8) is 0 Å². The van der Waals surface area contributed by atoms with E-state index in [1.54, 1.807) is 9.58 Å². The van der Waals surface area contributed by atoms with Gasteiger partial charge in [-0.2, -0.15) is 5.10 Å². The summed E-state index contributed by atoms with van der Waals surface area (Å²) in [5, 5.41) is 8.21. The first-order valence-electron chi connectivity index (χ1n) is 12.1. The van der Waals surface area contributed by atoms with Gasteiger partial charge in [0.15, 0.2) is 5.69 Å². The molecule has 36 heavy (non-hydrogen) atoms. The summed E-state index contributed by atoms with van der Waals surface area (Å²) in [4.78, 5) is 28.6. The van der Waals surface area contributed by atoms with Crippen LogP contribution in [0.5, 0.6) is 11.5 Å². The molecule has 186 valence electrons. The minimum Gasteiger partial charge on any atom is -0.457 e. The molecule has 3 heterocycles. The molecule has 3 aromatic rings. The molecule has 0 bridgehead atoms. The molecule has 1 aromatic heterocycles. The number of nitrogens with two attached hydrogens (primary N) is 1. The topological polar surface area (TPSA) is 106 Å². The Morgan fingerprint density at radius 1 is 1.06 bits per heavy atom. The number of carbonyl (C=O) groups excluding carboxylic acids is 2. The van der Waals surface area contributed by atoms with Crippen molar-refractivity contribution >= 4 is 17.5 Å². The van der Waals surface area contributed by atoms with E-state index in [2.05, 4.69) is 16.8 Å². The number of rotatable bonds is 6. The fourth-order valence-electron chi connectivity index (χ4n) is 4.86. The first kappa shape index (κ1) is 23.6. The van der Waals surface area contributed by atoms with E-state index in [1.807, 2.05) is 55.5 Å². The number of hydrogen-bond acceptors (Lipinski definition) is 6. The fourth-order valence-corrected chi connectivity index (χ4v) is 4.86. The Balaban J connectivity index is 1.40. The fraction of sp³-hybridized carbons (Fsp3) is 0.296. The van der Waals surface area contributed by atoms with E-state index in [0.717, 1.165) is 36.6 Å². The maximum Gasteiger partial charge on any atom is 0.269 e. The molecule has 1 atom stereocenters. The average Bonchev–Trinajstić information content (AvgIpc) is 3.30. The number of amides is 2. The van der Waals surface area contributed by atoms with Gasteiger partial charge in [-0.25, -0.2) is 4.68 Å². The average molecular weight is 487 g/mol. The predicted molar refractivity (Wildman–Crippen MR) is 138 cm³/mol. The number of carbonyl (C=O) groups is 2. The van der Waals surface area contributed by atoms with Crippen molar-refractivity contribution in [2.75, 3.05) is 38.0 Å². The minimum atomic E-state index is -0.543. The summed E-state index contributed by atoms with van der Waals surface area (Å²) in [7, 11) is 0. The van der Waals surface area contributed by atoms with Gasteiger partial charge in [-0.05, 0) is 55.8 Å². The number of anilines is 1. The van der Waals surface area contributed by atoms with E-state index in [4.69, 9.17) is 15.6 Å². The normalized spacial score (nSPS) is 17.7. The van der Waals surface area contributed by atoms with E-state index < -0.39 is 5.91 Å². The Hall–Kier alpha value is -4.11. The molecule has 9 heteroatoms. The van der Waals surface area contributed by atoms with Gasteiger partial charge >= 0.3 is 0 Å². The maximum absolute atomic E-state index is 12.5. The van der Waals surface area contributed by atoms with Crippen LogP contribution in [-0.4, -0.2) is 64.1 Å². The lowest BCUT2D eigenvalue weighted by Gasteiger charge is -2.40. The maximum atomic E-state index is 12.5. The second-order valence-electron chi connectivity index (χ2n) is 9.09. The number of benzene rings is 2. The molecule has 0 spiro atoms. The molecule has 1 saturated heterocycles. The van der Waals surface area contributed by atoms with Crippen LogP contribution in [0.1, 0.15) is 34.2 Å². The Morgan fingerprint density at radius 3 is 2.31 bits per heavy atom. The van der Waals surface area contributed by atoms with E-state index in [9.17, 15) is 9.59 Å². The molecule has 2 aromatic carbocycles. The number of nitrogens with zero attached hydrogens (tertiary/aromatic N) is 4. The zero-order chi connectivity index (χ0) is 25.2.